The third-order valence-corrected chi connectivity index (χ3v) is 5.76. The minimum Gasteiger partial charge on any atom is -0.356 e. The van der Waals surface area contributed by atoms with E-state index < -0.39 is 0 Å². The molecule has 2 aliphatic heterocycles. The number of nitrogens with zero attached hydrogens (tertiary/aromatic N) is 4. The van der Waals surface area contributed by atoms with E-state index in [1.807, 2.05) is 17.5 Å². The molecule has 0 saturated carbocycles. The Kier molecular flexibility index (Phi) is 4.83. The molecule has 4 heterocycles. The van der Waals surface area contributed by atoms with Gasteiger partial charge in [-0.2, -0.15) is 0 Å². The summed E-state index contributed by atoms with van der Waals surface area (Å²) in [5.41, 5.74) is 0. The van der Waals surface area contributed by atoms with Gasteiger partial charge in [-0.1, -0.05) is 6.07 Å². The van der Waals surface area contributed by atoms with Gasteiger partial charge in [0, 0.05) is 38.3 Å². The first-order chi connectivity index (χ1) is 12.3. The van der Waals surface area contributed by atoms with Gasteiger partial charge in [0.15, 0.2) is 0 Å². The van der Waals surface area contributed by atoms with Gasteiger partial charge in [0.1, 0.15) is 18.0 Å². The number of aromatic nitrogens is 2. The van der Waals surface area contributed by atoms with Gasteiger partial charge >= 0.3 is 0 Å². The van der Waals surface area contributed by atoms with E-state index in [4.69, 9.17) is 0 Å². The molecule has 1 atom stereocenters. The molecule has 2 aliphatic rings. The zero-order valence-electron chi connectivity index (χ0n) is 14.2. The number of thiophene rings is 1. The Balaban J connectivity index is 1.42. The molecule has 132 valence electrons. The Labute approximate surface area is 151 Å². The second-order valence-corrected chi connectivity index (χ2v) is 7.61. The lowest BCUT2D eigenvalue weighted by molar-refractivity contribution is 0.0937. The van der Waals surface area contributed by atoms with Crippen LogP contribution in [0.25, 0.3) is 0 Å². The summed E-state index contributed by atoms with van der Waals surface area (Å²) >= 11 is 1.48. The summed E-state index contributed by atoms with van der Waals surface area (Å²) in [4.78, 5) is 26.6. The number of piperidine rings is 1. The summed E-state index contributed by atoms with van der Waals surface area (Å²) in [7, 11) is 0. The van der Waals surface area contributed by atoms with Gasteiger partial charge in [-0.15, -0.1) is 11.3 Å². The first-order valence-corrected chi connectivity index (χ1v) is 9.84. The molecule has 7 heteroatoms. The van der Waals surface area contributed by atoms with E-state index in [-0.39, 0.29) is 11.9 Å². The molecule has 0 aliphatic carbocycles. The average Bonchev–Trinajstić information content (AvgIpc) is 3.36. The third-order valence-electron chi connectivity index (χ3n) is 4.89. The van der Waals surface area contributed by atoms with Crippen LogP contribution in [-0.2, 0) is 0 Å². The Morgan fingerprint density at radius 2 is 1.88 bits per heavy atom. The molecule has 1 amide bonds. The number of anilines is 2. The average molecular weight is 357 g/mol. The van der Waals surface area contributed by atoms with E-state index in [0.717, 1.165) is 55.5 Å². The first kappa shape index (κ1) is 16.3. The van der Waals surface area contributed by atoms with E-state index in [9.17, 15) is 4.79 Å². The normalized spacial score (nSPS) is 20.7. The summed E-state index contributed by atoms with van der Waals surface area (Å²) in [6.45, 7) is 3.93. The van der Waals surface area contributed by atoms with E-state index >= 15 is 0 Å². The topological polar surface area (TPSA) is 61.4 Å². The van der Waals surface area contributed by atoms with Gasteiger partial charge in [0.2, 0.25) is 0 Å². The summed E-state index contributed by atoms with van der Waals surface area (Å²) in [5, 5.41) is 5.10. The molecule has 2 aromatic heterocycles. The fraction of sp³-hybridized carbons (Fsp3) is 0.500. The lowest BCUT2D eigenvalue weighted by Gasteiger charge is -2.34. The number of carbonyl (C=O) groups is 1. The van der Waals surface area contributed by atoms with E-state index in [1.165, 1.54) is 24.2 Å². The second-order valence-electron chi connectivity index (χ2n) is 6.66. The van der Waals surface area contributed by atoms with Crippen LogP contribution in [-0.4, -0.2) is 48.1 Å². The third kappa shape index (κ3) is 3.76. The van der Waals surface area contributed by atoms with Crippen molar-refractivity contribution < 1.29 is 4.79 Å². The maximum atomic E-state index is 12.3. The highest BCUT2D eigenvalue weighted by Crippen LogP contribution is 2.24. The molecule has 2 fully saturated rings. The van der Waals surface area contributed by atoms with Crippen molar-refractivity contribution in [3.63, 3.8) is 0 Å². The number of rotatable bonds is 4. The lowest BCUT2D eigenvalue weighted by atomic mass is 10.1. The molecule has 0 aromatic carbocycles. The summed E-state index contributed by atoms with van der Waals surface area (Å²) in [6, 6.07) is 6.03. The molecule has 1 N–H and O–H groups in total. The minimum absolute atomic E-state index is 0.0299. The Hall–Kier alpha value is -2.15. The van der Waals surface area contributed by atoms with Crippen molar-refractivity contribution in [2.75, 3.05) is 36.0 Å². The fourth-order valence-corrected chi connectivity index (χ4v) is 4.22. The number of amides is 1. The fourth-order valence-electron chi connectivity index (χ4n) is 3.60. The van der Waals surface area contributed by atoms with Crippen LogP contribution in [0.5, 0.6) is 0 Å². The highest BCUT2D eigenvalue weighted by atomic mass is 32.1. The maximum absolute atomic E-state index is 12.3. The van der Waals surface area contributed by atoms with Crippen molar-refractivity contribution in [2.24, 2.45) is 0 Å². The molecule has 25 heavy (non-hydrogen) atoms. The van der Waals surface area contributed by atoms with E-state index in [1.54, 1.807) is 6.33 Å². The van der Waals surface area contributed by atoms with Crippen molar-refractivity contribution in [1.29, 1.82) is 0 Å². The largest absolute Gasteiger partial charge is 0.356 e. The van der Waals surface area contributed by atoms with Gasteiger partial charge in [-0.05, 0) is 37.1 Å². The van der Waals surface area contributed by atoms with Crippen LogP contribution in [0.4, 0.5) is 11.6 Å². The zero-order chi connectivity index (χ0) is 17.1. The molecule has 4 rings (SSSR count). The van der Waals surface area contributed by atoms with Crippen LogP contribution in [0.15, 0.2) is 29.9 Å². The maximum Gasteiger partial charge on any atom is 0.261 e. The number of nitrogens with one attached hydrogen (secondary N) is 1. The van der Waals surface area contributed by atoms with Gasteiger partial charge in [0.25, 0.3) is 5.91 Å². The Bertz CT molecular complexity index is 714. The van der Waals surface area contributed by atoms with Crippen LogP contribution < -0.4 is 15.1 Å². The minimum atomic E-state index is 0.0299. The van der Waals surface area contributed by atoms with E-state index in [2.05, 4.69) is 31.2 Å². The molecule has 0 spiro atoms. The predicted molar refractivity (Wildman–Crippen MR) is 100 cm³/mol. The summed E-state index contributed by atoms with van der Waals surface area (Å²) in [6.07, 6.45) is 6.20. The first-order valence-electron chi connectivity index (χ1n) is 8.96. The van der Waals surface area contributed by atoms with Crippen molar-refractivity contribution in [3.05, 3.63) is 34.8 Å². The predicted octanol–water partition coefficient (Wildman–Crippen LogP) is 2.54. The van der Waals surface area contributed by atoms with Crippen LogP contribution >= 0.6 is 11.3 Å². The smallest absolute Gasteiger partial charge is 0.261 e. The highest BCUT2D eigenvalue weighted by Gasteiger charge is 2.24. The Morgan fingerprint density at radius 3 is 2.64 bits per heavy atom. The second kappa shape index (κ2) is 7.39. The van der Waals surface area contributed by atoms with Crippen molar-refractivity contribution >= 4 is 28.9 Å². The van der Waals surface area contributed by atoms with Crippen LogP contribution in [0.2, 0.25) is 0 Å². The van der Waals surface area contributed by atoms with Crippen molar-refractivity contribution in [1.82, 2.24) is 15.3 Å². The van der Waals surface area contributed by atoms with Crippen LogP contribution in [0.3, 0.4) is 0 Å². The molecule has 0 bridgehead atoms. The molecular formula is C18H23N5OS. The monoisotopic (exact) mass is 357 g/mol. The molecule has 0 radical (unpaired) electrons. The van der Waals surface area contributed by atoms with E-state index in [0.29, 0.717) is 0 Å². The number of hydrogen-bond acceptors (Lipinski definition) is 6. The van der Waals surface area contributed by atoms with Crippen LogP contribution in [0, 0.1) is 0 Å². The zero-order valence-corrected chi connectivity index (χ0v) is 15.0. The standard InChI is InChI=1S/C18H23N5OS/c24-18(15-6-4-10-25-15)21-14-5-3-9-23(12-14)17-11-16(19-13-20-17)22-7-1-2-8-22/h4,6,10-11,13-14H,1-3,5,7-9,12H2,(H,21,24). The summed E-state index contributed by atoms with van der Waals surface area (Å²) in [5.74, 6) is 2.02. The van der Waals surface area contributed by atoms with Gasteiger partial charge in [-0.3, -0.25) is 4.79 Å². The molecular weight excluding hydrogens is 334 g/mol. The van der Waals surface area contributed by atoms with Gasteiger partial charge < -0.3 is 15.1 Å². The molecule has 6 nitrogen and oxygen atoms in total. The molecule has 2 aromatic rings. The molecule has 2 saturated heterocycles. The highest BCUT2D eigenvalue weighted by molar-refractivity contribution is 7.12. The van der Waals surface area contributed by atoms with Crippen molar-refractivity contribution in [2.45, 2.75) is 31.7 Å². The summed E-state index contributed by atoms with van der Waals surface area (Å²) < 4.78 is 0. The Morgan fingerprint density at radius 1 is 1.12 bits per heavy atom. The van der Waals surface area contributed by atoms with Gasteiger partial charge in [-0.25, -0.2) is 9.97 Å². The van der Waals surface area contributed by atoms with Gasteiger partial charge in [0.05, 0.1) is 4.88 Å². The quantitative estimate of drug-likeness (QED) is 0.911. The SMILES string of the molecule is O=C(NC1CCCN(c2cc(N3CCCC3)ncn2)C1)c1cccs1. The molecule has 1 unspecified atom stereocenters. The van der Waals surface area contributed by atoms with Crippen molar-refractivity contribution in [3.8, 4) is 0 Å². The number of hydrogen-bond donors (Lipinski definition) is 1. The lowest BCUT2D eigenvalue weighted by Crippen LogP contribution is -2.48. The van der Waals surface area contributed by atoms with Crippen LogP contribution in [0.1, 0.15) is 35.4 Å². The number of carbonyl (C=O) groups excluding carboxylic acids is 1.